The van der Waals surface area contributed by atoms with Gasteiger partial charge in [-0.1, -0.05) is 63.7 Å². The van der Waals surface area contributed by atoms with Crippen LogP contribution in [0.2, 0.25) is 0 Å². The molecule has 2 rings (SSSR count). The molecule has 0 aliphatic carbocycles. The molecule has 4 heteroatoms. The maximum atomic E-state index is 3.54. The molecule has 0 amide bonds. The van der Waals surface area contributed by atoms with Gasteiger partial charge < -0.3 is 0 Å². The fourth-order valence-corrected chi connectivity index (χ4v) is 3.99. The molecular formula is C10H4Br4. The van der Waals surface area contributed by atoms with Crippen LogP contribution in [0.25, 0.3) is 10.8 Å². The summed E-state index contributed by atoms with van der Waals surface area (Å²) in [4.78, 5) is 0. The Hall–Kier alpha value is 0.620. The zero-order chi connectivity index (χ0) is 10.3. The Balaban J connectivity index is 2.94. The zero-order valence-electron chi connectivity index (χ0n) is 6.82. The van der Waals surface area contributed by atoms with Crippen molar-refractivity contribution in [3.63, 3.8) is 0 Å². The molecule has 0 spiro atoms. The summed E-state index contributed by atoms with van der Waals surface area (Å²) < 4.78 is 4.31. The van der Waals surface area contributed by atoms with E-state index in [-0.39, 0.29) is 0 Å². The Morgan fingerprint density at radius 1 is 0.571 bits per heavy atom. The molecular weight excluding hydrogens is 440 g/mol. The largest absolute Gasteiger partial charge is 0.0508 e. The molecule has 0 saturated heterocycles. The van der Waals surface area contributed by atoms with E-state index in [1.807, 2.05) is 12.1 Å². The normalized spacial score (nSPS) is 10.9. The Labute approximate surface area is 116 Å². The molecule has 0 aliphatic rings. The lowest BCUT2D eigenvalue weighted by Gasteiger charge is -2.05. The van der Waals surface area contributed by atoms with E-state index in [0.717, 1.165) is 17.9 Å². The SMILES string of the molecule is Brc1cc(Br)c2cc(Br)cc(Br)c2c1. The van der Waals surface area contributed by atoms with Gasteiger partial charge in [0.05, 0.1) is 0 Å². The summed E-state index contributed by atoms with van der Waals surface area (Å²) >= 11 is 14.0. The Morgan fingerprint density at radius 3 is 1.29 bits per heavy atom. The minimum Gasteiger partial charge on any atom is -0.0508 e. The molecule has 2 aromatic rings. The summed E-state index contributed by atoms with van der Waals surface area (Å²) in [6.45, 7) is 0. The van der Waals surface area contributed by atoms with Crippen LogP contribution in [-0.4, -0.2) is 0 Å². The van der Waals surface area contributed by atoms with Gasteiger partial charge in [-0.05, 0) is 35.0 Å². The molecule has 0 fully saturated rings. The van der Waals surface area contributed by atoms with E-state index in [4.69, 9.17) is 0 Å². The molecule has 0 atom stereocenters. The zero-order valence-corrected chi connectivity index (χ0v) is 13.2. The highest BCUT2D eigenvalue weighted by molar-refractivity contribution is 9.11. The first kappa shape index (κ1) is 11.1. The van der Waals surface area contributed by atoms with E-state index in [0.29, 0.717) is 0 Å². The number of hydrogen-bond acceptors (Lipinski definition) is 0. The number of rotatable bonds is 0. The first-order valence-electron chi connectivity index (χ1n) is 3.82. The number of halogens is 4. The van der Waals surface area contributed by atoms with Crippen LogP contribution in [-0.2, 0) is 0 Å². The second kappa shape index (κ2) is 4.24. The van der Waals surface area contributed by atoms with Crippen molar-refractivity contribution in [2.45, 2.75) is 0 Å². The van der Waals surface area contributed by atoms with Gasteiger partial charge in [0.25, 0.3) is 0 Å². The highest BCUT2D eigenvalue weighted by atomic mass is 79.9. The molecule has 2 aromatic carbocycles. The average Bonchev–Trinajstić information content (AvgIpc) is 2.07. The standard InChI is InChI=1S/C10H4Br4/c11-5-1-7-8(10(14)3-5)2-6(12)4-9(7)13/h1-4H. The lowest BCUT2D eigenvalue weighted by Crippen LogP contribution is -1.78. The van der Waals surface area contributed by atoms with Gasteiger partial charge in [0.15, 0.2) is 0 Å². The molecule has 72 valence electrons. The summed E-state index contributed by atoms with van der Waals surface area (Å²) in [5.74, 6) is 0. The fraction of sp³-hybridized carbons (Fsp3) is 0. The smallest absolute Gasteiger partial charge is 0.0265 e. The molecule has 0 unspecified atom stereocenters. The summed E-state index contributed by atoms with van der Waals surface area (Å²) in [6, 6.07) is 8.27. The molecule has 0 bridgehead atoms. The lowest BCUT2D eigenvalue weighted by atomic mass is 10.1. The van der Waals surface area contributed by atoms with Crippen LogP contribution in [0.5, 0.6) is 0 Å². The highest BCUT2D eigenvalue weighted by Crippen LogP contribution is 2.35. The first-order chi connectivity index (χ1) is 6.58. The van der Waals surface area contributed by atoms with Crippen molar-refractivity contribution in [3.8, 4) is 0 Å². The summed E-state index contributed by atoms with van der Waals surface area (Å²) in [7, 11) is 0. The Bertz CT molecular complexity index is 458. The first-order valence-corrected chi connectivity index (χ1v) is 6.99. The predicted octanol–water partition coefficient (Wildman–Crippen LogP) is 5.89. The second-order valence-electron chi connectivity index (χ2n) is 2.87. The van der Waals surface area contributed by atoms with Crippen LogP contribution in [0.15, 0.2) is 42.2 Å². The van der Waals surface area contributed by atoms with Gasteiger partial charge in [-0.15, -0.1) is 0 Å². The lowest BCUT2D eigenvalue weighted by molar-refractivity contribution is 1.61. The molecule has 0 aromatic heterocycles. The Kier molecular flexibility index (Phi) is 3.37. The molecule has 14 heavy (non-hydrogen) atoms. The van der Waals surface area contributed by atoms with Crippen LogP contribution < -0.4 is 0 Å². The van der Waals surface area contributed by atoms with Crippen LogP contribution >= 0.6 is 63.7 Å². The van der Waals surface area contributed by atoms with Gasteiger partial charge in [0.2, 0.25) is 0 Å². The van der Waals surface area contributed by atoms with Crippen molar-refractivity contribution in [1.82, 2.24) is 0 Å². The second-order valence-corrected chi connectivity index (χ2v) is 6.41. The van der Waals surface area contributed by atoms with Gasteiger partial charge in [-0.3, -0.25) is 0 Å². The van der Waals surface area contributed by atoms with E-state index in [1.54, 1.807) is 0 Å². The van der Waals surface area contributed by atoms with E-state index in [2.05, 4.69) is 75.9 Å². The highest BCUT2D eigenvalue weighted by Gasteiger charge is 2.05. The van der Waals surface area contributed by atoms with E-state index < -0.39 is 0 Å². The van der Waals surface area contributed by atoms with E-state index >= 15 is 0 Å². The van der Waals surface area contributed by atoms with Gasteiger partial charge in [-0.25, -0.2) is 0 Å². The van der Waals surface area contributed by atoms with Crippen molar-refractivity contribution in [2.24, 2.45) is 0 Å². The third-order valence-electron chi connectivity index (χ3n) is 1.90. The van der Waals surface area contributed by atoms with E-state index in [9.17, 15) is 0 Å². The summed E-state index contributed by atoms with van der Waals surface area (Å²) in [6.07, 6.45) is 0. The predicted molar refractivity (Wildman–Crippen MR) is 74.7 cm³/mol. The van der Waals surface area contributed by atoms with Gasteiger partial charge in [-0.2, -0.15) is 0 Å². The summed E-state index contributed by atoms with van der Waals surface area (Å²) in [5.41, 5.74) is 0. The molecule has 0 heterocycles. The maximum Gasteiger partial charge on any atom is 0.0265 e. The van der Waals surface area contributed by atoms with Crippen molar-refractivity contribution in [3.05, 3.63) is 42.2 Å². The van der Waals surface area contributed by atoms with Crippen LogP contribution in [0.1, 0.15) is 0 Å². The Morgan fingerprint density at radius 2 is 0.929 bits per heavy atom. The number of fused-ring (bicyclic) bond motifs is 1. The van der Waals surface area contributed by atoms with E-state index in [1.165, 1.54) is 10.8 Å². The van der Waals surface area contributed by atoms with Gasteiger partial charge >= 0.3 is 0 Å². The van der Waals surface area contributed by atoms with Gasteiger partial charge in [0, 0.05) is 17.9 Å². The molecule has 0 nitrogen and oxygen atoms in total. The molecule has 0 aliphatic heterocycles. The minimum absolute atomic E-state index is 1.07. The van der Waals surface area contributed by atoms with Crippen LogP contribution in [0, 0.1) is 0 Å². The molecule has 0 saturated carbocycles. The van der Waals surface area contributed by atoms with Crippen molar-refractivity contribution >= 4 is 74.5 Å². The van der Waals surface area contributed by atoms with Crippen molar-refractivity contribution in [2.75, 3.05) is 0 Å². The van der Waals surface area contributed by atoms with Crippen LogP contribution in [0.3, 0.4) is 0 Å². The topological polar surface area (TPSA) is 0 Å². The quantitative estimate of drug-likeness (QED) is 0.476. The monoisotopic (exact) mass is 440 g/mol. The summed E-state index contributed by atoms with van der Waals surface area (Å²) in [5, 5.41) is 2.38. The van der Waals surface area contributed by atoms with Gasteiger partial charge in [0.1, 0.15) is 0 Å². The third-order valence-corrected chi connectivity index (χ3v) is 4.13. The van der Waals surface area contributed by atoms with Crippen molar-refractivity contribution in [1.29, 1.82) is 0 Å². The number of benzene rings is 2. The third kappa shape index (κ3) is 2.08. The average molecular weight is 444 g/mol. The van der Waals surface area contributed by atoms with Crippen molar-refractivity contribution < 1.29 is 0 Å². The molecule has 0 N–H and O–H groups in total. The number of hydrogen-bond donors (Lipinski definition) is 0. The fourth-order valence-electron chi connectivity index (χ4n) is 1.31. The van der Waals surface area contributed by atoms with Crippen LogP contribution in [0.4, 0.5) is 0 Å². The minimum atomic E-state index is 1.07. The maximum absolute atomic E-state index is 3.54. The molecule has 0 radical (unpaired) electrons.